The minimum atomic E-state index is -0.526. The predicted octanol–water partition coefficient (Wildman–Crippen LogP) is 2.44. The van der Waals surface area contributed by atoms with Crippen LogP contribution in [0, 0.1) is 11.8 Å². The number of amides is 1. The minimum absolute atomic E-state index is 0.0848. The van der Waals surface area contributed by atoms with Gasteiger partial charge in [0.15, 0.2) is 0 Å². The first-order chi connectivity index (χ1) is 8.67. The molecule has 0 bridgehead atoms. The van der Waals surface area contributed by atoms with Gasteiger partial charge in [-0.15, -0.1) is 0 Å². The van der Waals surface area contributed by atoms with Crippen molar-refractivity contribution in [3.05, 3.63) is 0 Å². The molecule has 0 spiro atoms. The standard InChI is InChI=1S/C14H25NO4/c1-7-18-12(16)11-9(2)8-15(10(11)3)13(17)19-14(4,5)6/h9-11H,7-8H2,1-6H3/t9-,10-,11+/m1/s1. The van der Waals surface area contributed by atoms with E-state index in [0.717, 1.165) is 0 Å². The zero-order valence-electron chi connectivity index (χ0n) is 12.7. The molecular formula is C14H25NO4. The lowest BCUT2D eigenvalue weighted by atomic mass is 9.93. The first-order valence-corrected chi connectivity index (χ1v) is 6.83. The molecule has 0 aromatic heterocycles. The maximum Gasteiger partial charge on any atom is 0.410 e. The number of ether oxygens (including phenoxy) is 2. The van der Waals surface area contributed by atoms with Crippen LogP contribution >= 0.6 is 0 Å². The number of hydrogen-bond acceptors (Lipinski definition) is 4. The number of esters is 1. The topological polar surface area (TPSA) is 55.8 Å². The minimum Gasteiger partial charge on any atom is -0.466 e. The quantitative estimate of drug-likeness (QED) is 0.724. The normalized spacial score (nSPS) is 27.3. The fourth-order valence-electron chi connectivity index (χ4n) is 2.49. The van der Waals surface area contributed by atoms with Gasteiger partial charge in [0.05, 0.1) is 12.5 Å². The van der Waals surface area contributed by atoms with Crippen molar-refractivity contribution in [2.45, 2.75) is 53.2 Å². The Kier molecular flexibility index (Phi) is 4.82. The molecule has 1 aliphatic heterocycles. The van der Waals surface area contributed by atoms with Crippen molar-refractivity contribution in [1.29, 1.82) is 0 Å². The van der Waals surface area contributed by atoms with Gasteiger partial charge in [0.25, 0.3) is 0 Å². The molecule has 3 atom stereocenters. The van der Waals surface area contributed by atoms with E-state index in [9.17, 15) is 9.59 Å². The van der Waals surface area contributed by atoms with Crippen LogP contribution in [0.4, 0.5) is 4.79 Å². The first-order valence-electron chi connectivity index (χ1n) is 6.83. The summed E-state index contributed by atoms with van der Waals surface area (Å²) in [6.07, 6.45) is -0.362. The van der Waals surface area contributed by atoms with E-state index < -0.39 is 5.60 Å². The number of carbonyl (C=O) groups is 2. The van der Waals surface area contributed by atoms with Crippen molar-refractivity contribution < 1.29 is 19.1 Å². The van der Waals surface area contributed by atoms with Gasteiger partial charge in [0.1, 0.15) is 5.60 Å². The van der Waals surface area contributed by atoms with E-state index in [-0.39, 0.29) is 29.9 Å². The summed E-state index contributed by atoms with van der Waals surface area (Å²) in [5, 5.41) is 0. The molecule has 0 aromatic carbocycles. The molecule has 5 heteroatoms. The van der Waals surface area contributed by atoms with E-state index >= 15 is 0 Å². The number of hydrogen-bond donors (Lipinski definition) is 0. The molecule has 0 N–H and O–H groups in total. The van der Waals surface area contributed by atoms with Crippen LogP contribution in [0.1, 0.15) is 41.5 Å². The molecule has 0 aromatic rings. The summed E-state index contributed by atoms with van der Waals surface area (Å²) in [5.74, 6) is -0.414. The van der Waals surface area contributed by atoms with Gasteiger partial charge in [0, 0.05) is 12.6 Å². The molecule has 1 amide bonds. The summed E-state index contributed by atoms with van der Waals surface area (Å²) in [5.41, 5.74) is -0.526. The Morgan fingerprint density at radius 3 is 2.32 bits per heavy atom. The average Bonchev–Trinajstić information content (AvgIpc) is 2.52. The molecule has 110 valence electrons. The maximum atomic E-state index is 12.1. The van der Waals surface area contributed by atoms with Gasteiger partial charge < -0.3 is 14.4 Å². The van der Waals surface area contributed by atoms with Crippen molar-refractivity contribution in [2.24, 2.45) is 11.8 Å². The summed E-state index contributed by atoms with van der Waals surface area (Å²) in [4.78, 5) is 25.6. The van der Waals surface area contributed by atoms with Crippen molar-refractivity contribution in [3.63, 3.8) is 0 Å². The van der Waals surface area contributed by atoms with E-state index in [2.05, 4.69) is 0 Å². The van der Waals surface area contributed by atoms with Gasteiger partial charge in [0.2, 0.25) is 0 Å². The molecule has 1 heterocycles. The summed E-state index contributed by atoms with van der Waals surface area (Å²) in [7, 11) is 0. The van der Waals surface area contributed by atoms with Gasteiger partial charge in [-0.2, -0.15) is 0 Å². The SMILES string of the molecule is CCOC(=O)[C@H]1[C@H](C)CN(C(=O)OC(C)(C)C)[C@@H]1C. The van der Waals surface area contributed by atoms with E-state index in [4.69, 9.17) is 9.47 Å². The van der Waals surface area contributed by atoms with Gasteiger partial charge in [-0.05, 0) is 40.5 Å². The van der Waals surface area contributed by atoms with Crippen LogP contribution in [0.15, 0.2) is 0 Å². The lowest BCUT2D eigenvalue weighted by Gasteiger charge is -2.28. The van der Waals surface area contributed by atoms with Crippen LogP contribution in [-0.4, -0.2) is 41.8 Å². The number of likely N-dealkylation sites (tertiary alicyclic amines) is 1. The van der Waals surface area contributed by atoms with Gasteiger partial charge in [-0.25, -0.2) is 4.79 Å². The Hall–Kier alpha value is -1.26. The fourth-order valence-corrected chi connectivity index (χ4v) is 2.49. The van der Waals surface area contributed by atoms with Crippen molar-refractivity contribution in [3.8, 4) is 0 Å². The lowest BCUT2D eigenvalue weighted by Crippen LogP contribution is -2.41. The van der Waals surface area contributed by atoms with Crippen LogP contribution in [-0.2, 0) is 14.3 Å². The van der Waals surface area contributed by atoms with E-state index in [1.165, 1.54) is 0 Å². The smallest absolute Gasteiger partial charge is 0.410 e. The highest BCUT2D eigenvalue weighted by atomic mass is 16.6. The zero-order valence-corrected chi connectivity index (χ0v) is 12.7. The molecule has 0 saturated carbocycles. The van der Waals surface area contributed by atoms with Crippen LogP contribution in [0.2, 0.25) is 0 Å². The van der Waals surface area contributed by atoms with Crippen molar-refractivity contribution in [2.75, 3.05) is 13.2 Å². The molecule has 5 nitrogen and oxygen atoms in total. The van der Waals surface area contributed by atoms with Gasteiger partial charge in [-0.1, -0.05) is 6.92 Å². The molecule has 0 radical (unpaired) electrons. The second kappa shape index (κ2) is 5.80. The Morgan fingerprint density at radius 2 is 1.84 bits per heavy atom. The van der Waals surface area contributed by atoms with Crippen molar-refractivity contribution >= 4 is 12.1 Å². The third-order valence-corrected chi connectivity index (χ3v) is 3.30. The first kappa shape index (κ1) is 15.8. The fraction of sp³-hybridized carbons (Fsp3) is 0.857. The second-order valence-electron chi connectivity index (χ2n) is 6.13. The molecule has 19 heavy (non-hydrogen) atoms. The third-order valence-electron chi connectivity index (χ3n) is 3.30. The highest BCUT2D eigenvalue weighted by Gasteiger charge is 2.45. The van der Waals surface area contributed by atoms with Crippen LogP contribution in [0.25, 0.3) is 0 Å². The highest BCUT2D eigenvalue weighted by molar-refractivity contribution is 5.77. The Bertz CT molecular complexity index is 348. The largest absolute Gasteiger partial charge is 0.466 e. The Morgan fingerprint density at radius 1 is 1.26 bits per heavy atom. The van der Waals surface area contributed by atoms with E-state index in [0.29, 0.717) is 13.2 Å². The average molecular weight is 271 g/mol. The van der Waals surface area contributed by atoms with E-state index in [1.807, 2.05) is 34.6 Å². The highest BCUT2D eigenvalue weighted by Crippen LogP contribution is 2.31. The maximum absolute atomic E-state index is 12.1. The van der Waals surface area contributed by atoms with Crippen LogP contribution in [0.3, 0.4) is 0 Å². The molecular weight excluding hydrogens is 246 g/mol. The molecule has 1 saturated heterocycles. The summed E-state index contributed by atoms with van der Waals surface area (Å²) >= 11 is 0. The second-order valence-corrected chi connectivity index (χ2v) is 6.13. The molecule has 1 fully saturated rings. The van der Waals surface area contributed by atoms with Crippen LogP contribution < -0.4 is 0 Å². The summed E-state index contributed by atoms with van der Waals surface area (Å²) in [6.45, 7) is 12.0. The summed E-state index contributed by atoms with van der Waals surface area (Å²) < 4.78 is 10.4. The number of rotatable bonds is 2. The monoisotopic (exact) mass is 271 g/mol. The molecule has 1 rings (SSSR count). The predicted molar refractivity (Wildman–Crippen MR) is 71.7 cm³/mol. The molecule has 0 aliphatic carbocycles. The van der Waals surface area contributed by atoms with Gasteiger partial charge in [-0.3, -0.25) is 4.79 Å². The van der Waals surface area contributed by atoms with Crippen molar-refractivity contribution in [1.82, 2.24) is 4.90 Å². The third kappa shape index (κ3) is 3.85. The lowest BCUT2D eigenvalue weighted by molar-refractivity contribution is -0.149. The summed E-state index contributed by atoms with van der Waals surface area (Å²) in [6, 6.07) is -0.191. The number of carbonyl (C=O) groups excluding carboxylic acids is 2. The van der Waals surface area contributed by atoms with E-state index in [1.54, 1.807) is 11.8 Å². The Balaban J connectivity index is 2.74. The van der Waals surface area contributed by atoms with Gasteiger partial charge >= 0.3 is 12.1 Å². The van der Waals surface area contributed by atoms with Crippen LogP contribution in [0.5, 0.6) is 0 Å². The number of nitrogens with zero attached hydrogens (tertiary/aromatic N) is 1. The zero-order chi connectivity index (χ0) is 14.8. The molecule has 1 aliphatic rings. The molecule has 0 unspecified atom stereocenters. The Labute approximate surface area is 115 Å².